The Morgan fingerprint density at radius 1 is 0.880 bits per heavy atom. The minimum Gasteiger partial charge on any atom is -0.423 e. The van der Waals surface area contributed by atoms with Crippen molar-refractivity contribution in [3.05, 3.63) is 24.3 Å². The van der Waals surface area contributed by atoms with Gasteiger partial charge >= 0.3 is 11.9 Å². The van der Waals surface area contributed by atoms with Gasteiger partial charge in [0.15, 0.2) is 11.5 Å². The van der Waals surface area contributed by atoms with Gasteiger partial charge in [0.2, 0.25) is 0 Å². The van der Waals surface area contributed by atoms with Gasteiger partial charge in [-0.15, -0.1) is 0 Å². The van der Waals surface area contributed by atoms with Crippen LogP contribution in [-0.2, 0) is 9.59 Å². The number of esters is 2. The van der Waals surface area contributed by atoms with E-state index < -0.39 is 0 Å². The third-order valence-corrected chi connectivity index (χ3v) is 4.16. The molecule has 1 aromatic carbocycles. The first-order chi connectivity index (χ1) is 12.1. The third kappa shape index (κ3) is 8.71. The number of carbonyl (C=O) groups excluding carboxylic acids is 2. The number of carbonyl (C=O) groups is 2. The van der Waals surface area contributed by atoms with E-state index in [1.54, 1.807) is 24.3 Å². The lowest BCUT2D eigenvalue weighted by atomic mass is 10.0. The molecule has 1 unspecified atom stereocenters. The zero-order valence-electron chi connectivity index (χ0n) is 15.9. The Bertz CT molecular complexity index is 524. The first-order valence-electron chi connectivity index (χ1n) is 9.59. The second-order valence-electron chi connectivity index (χ2n) is 6.55. The first-order valence-corrected chi connectivity index (χ1v) is 9.59. The fraction of sp³-hybridized carbons (Fsp3) is 0.619. The summed E-state index contributed by atoms with van der Waals surface area (Å²) in [6.45, 7) is 6.13. The summed E-state index contributed by atoms with van der Waals surface area (Å²) in [6, 6.07) is 6.85. The molecule has 0 saturated carbocycles. The second-order valence-corrected chi connectivity index (χ2v) is 6.55. The molecular formula is C21H32O4. The molecule has 0 aromatic heterocycles. The molecule has 1 atom stereocenters. The Morgan fingerprint density at radius 3 is 2.12 bits per heavy atom. The van der Waals surface area contributed by atoms with Gasteiger partial charge in [0.05, 0.1) is 5.92 Å². The van der Waals surface area contributed by atoms with Crippen molar-refractivity contribution in [1.82, 2.24) is 0 Å². The van der Waals surface area contributed by atoms with E-state index in [1.165, 1.54) is 12.8 Å². The van der Waals surface area contributed by atoms with E-state index in [2.05, 4.69) is 13.8 Å². The molecule has 0 heterocycles. The molecule has 0 spiro atoms. The minimum absolute atomic E-state index is 0.162. The van der Waals surface area contributed by atoms with E-state index in [-0.39, 0.29) is 17.9 Å². The monoisotopic (exact) mass is 348 g/mol. The maximum absolute atomic E-state index is 12.3. The van der Waals surface area contributed by atoms with E-state index in [9.17, 15) is 9.59 Å². The molecule has 0 bridgehead atoms. The lowest BCUT2D eigenvalue weighted by Gasteiger charge is -2.13. The number of para-hydroxylation sites is 2. The summed E-state index contributed by atoms with van der Waals surface area (Å²) in [6.07, 6.45) is 8.60. The van der Waals surface area contributed by atoms with Crippen molar-refractivity contribution in [3.63, 3.8) is 0 Å². The molecule has 25 heavy (non-hydrogen) atoms. The summed E-state index contributed by atoms with van der Waals surface area (Å²) < 4.78 is 10.8. The molecular weight excluding hydrogens is 316 g/mol. The Kier molecular flexibility index (Phi) is 10.6. The number of hydrogen-bond donors (Lipinski definition) is 0. The summed E-state index contributed by atoms with van der Waals surface area (Å²) in [5.74, 6) is -0.0898. The normalized spacial score (nSPS) is 11.8. The molecule has 0 aliphatic rings. The van der Waals surface area contributed by atoms with Crippen LogP contribution >= 0.6 is 0 Å². The highest BCUT2D eigenvalue weighted by atomic mass is 16.6. The molecule has 4 nitrogen and oxygen atoms in total. The van der Waals surface area contributed by atoms with Crippen molar-refractivity contribution >= 4 is 11.9 Å². The van der Waals surface area contributed by atoms with Crippen molar-refractivity contribution in [1.29, 1.82) is 0 Å². The number of hydrogen-bond acceptors (Lipinski definition) is 4. The average molecular weight is 348 g/mol. The van der Waals surface area contributed by atoms with Crippen LogP contribution in [0.1, 0.15) is 78.6 Å². The van der Waals surface area contributed by atoms with Crippen molar-refractivity contribution < 1.29 is 19.1 Å². The lowest BCUT2D eigenvalue weighted by molar-refractivity contribution is -0.140. The summed E-state index contributed by atoms with van der Waals surface area (Å²) in [5.41, 5.74) is 0. The summed E-state index contributed by atoms with van der Waals surface area (Å²) in [4.78, 5) is 24.2. The average Bonchev–Trinajstić information content (AvgIpc) is 2.60. The van der Waals surface area contributed by atoms with E-state index in [1.807, 2.05) is 6.92 Å². The zero-order chi connectivity index (χ0) is 18.5. The van der Waals surface area contributed by atoms with Gasteiger partial charge in [0.1, 0.15) is 0 Å². The molecule has 1 aromatic rings. The van der Waals surface area contributed by atoms with Crippen LogP contribution in [0.5, 0.6) is 11.5 Å². The molecule has 0 fully saturated rings. The quantitative estimate of drug-likeness (QED) is 0.277. The van der Waals surface area contributed by atoms with E-state index in [4.69, 9.17) is 9.47 Å². The van der Waals surface area contributed by atoms with Crippen molar-refractivity contribution in [2.75, 3.05) is 0 Å². The Labute approximate surface area is 151 Å². The Hall–Kier alpha value is -1.84. The van der Waals surface area contributed by atoms with E-state index >= 15 is 0 Å². The van der Waals surface area contributed by atoms with Crippen LogP contribution in [0.2, 0.25) is 0 Å². The van der Waals surface area contributed by atoms with Gasteiger partial charge in [0, 0.05) is 6.42 Å². The number of benzene rings is 1. The van der Waals surface area contributed by atoms with Gasteiger partial charge in [-0.1, -0.05) is 71.4 Å². The molecule has 0 N–H and O–H groups in total. The molecule has 0 aliphatic carbocycles. The van der Waals surface area contributed by atoms with Crippen LogP contribution in [-0.4, -0.2) is 11.9 Å². The molecule has 4 heteroatoms. The van der Waals surface area contributed by atoms with Gasteiger partial charge in [-0.25, -0.2) is 0 Å². The van der Waals surface area contributed by atoms with Crippen LogP contribution in [0.4, 0.5) is 0 Å². The lowest BCUT2D eigenvalue weighted by Crippen LogP contribution is -2.18. The summed E-state index contributed by atoms with van der Waals surface area (Å²) in [7, 11) is 0. The Balaban J connectivity index is 2.54. The van der Waals surface area contributed by atoms with Crippen LogP contribution in [0, 0.1) is 5.92 Å². The third-order valence-electron chi connectivity index (χ3n) is 4.16. The number of ether oxygens (including phenoxy) is 2. The fourth-order valence-electron chi connectivity index (χ4n) is 2.52. The van der Waals surface area contributed by atoms with Crippen LogP contribution < -0.4 is 9.47 Å². The van der Waals surface area contributed by atoms with Crippen LogP contribution in [0.3, 0.4) is 0 Å². The summed E-state index contributed by atoms with van der Waals surface area (Å²) in [5, 5.41) is 0. The molecule has 0 aliphatic heterocycles. The summed E-state index contributed by atoms with van der Waals surface area (Å²) >= 11 is 0. The van der Waals surface area contributed by atoms with Crippen molar-refractivity contribution in [2.45, 2.75) is 78.6 Å². The fourth-order valence-corrected chi connectivity index (χ4v) is 2.52. The highest BCUT2D eigenvalue weighted by Gasteiger charge is 2.18. The Morgan fingerprint density at radius 2 is 1.48 bits per heavy atom. The van der Waals surface area contributed by atoms with Crippen LogP contribution in [0.15, 0.2) is 24.3 Å². The topological polar surface area (TPSA) is 52.6 Å². The van der Waals surface area contributed by atoms with E-state index in [0.29, 0.717) is 17.9 Å². The standard InChI is InChI=1S/C21H32O4/c1-4-6-8-10-13-17(3)21(23)25-19-15-12-11-14-18(19)24-20(22)16-9-7-5-2/h11-12,14-15,17H,4-10,13,16H2,1-3H3. The predicted octanol–water partition coefficient (Wildman–Crippen LogP) is 5.68. The number of unbranched alkanes of at least 4 members (excludes halogenated alkanes) is 5. The second kappa shape index (κ2) is 12.5. The first kappa shape index (κ1) is 21.2. The van der Waals surface area contributed by atoms with Gasteiger partial charge < -0.3 is 9.47 Å². The molecule has 0 radical (unpaired) electrons. The van der Waals surface area contributed by atoms with Gasteiger partial charge in [-0.3, -0.25) is 9.59 Å². The van der Waals surface area contributed by atoms with Gasteiger partial charge in [0.25, 0.3) is 0 Å². The van der Waals surface area contributed by atoms with Crippen molar-refractivity contribution in [3.8, 4) is 11.5 Å². The maximum atomic E-state index is 12.3. The molecule has 140 valence electrons. The molecule has 1 rings (SSSR count). The van der Waals surface area contributed by atoms with Gasteiger partial charge in [-0.05, 0) is 25.0 Å². The smallest absolute Gasteiger partial charge is 0.314 e. The highest BCUT2D eigenvalue weighted by molar-refractivity contribution is 5.77. The van der Waals surface area contributed by atoms with Crippen molar-refractivity contribution in [2.24, 2.45) is 5.92 Å². The van der Waals surface area contributed by atoms with Crippen LogP contribution in [0.25, 0.3) is 0 Å². The minimum atomic E-state index is -0.287. The molecule has 0 saturated heterocycles. The number of rotatable bonds is 12. The predicted molar refractivity (Wildman–Crippen MR) is 99.8 cm³/mol. The maximum Gasteiger partial charge on any atom is 0.314 e. The largest absolute Gasteiger partial charge is 0.423 e. The SMILES string of the molecule is CCCCCCC(C)C(=O)Oc1ccccc1OC(=O)CCCCC. The van der Waals surface area contributed by atoms with E-state index in [0.717, 1.165) is 38.5 Å². The van der Waals surface area contributed by atoms with Gasteiger partial charge in [-0.2, -0.15) is 0 Å². The zero-order valence-corrected chi connectivity index (χ0v) is 15.9. The highest BCUT2D eigenvalue weighted by Crippen LogP contribution is 2.28. The molecule has 0 amide bonds.